The Morgan fingerprint density at radius 3 is 0.800 bits per heavy atom. The summed E-state index contributed by atoms with van der Waals surface area (Å²) in [5, 5.41) is 0. The summed E-state index contributed by atoms with van der Waals surface area (Å²) in [6, 6.07) is 0.714. The van der Waals surface area contributed by atoms with Gasteiger partial charge in [-0.2, -0.15) is 0 Å². The van der Waals surface area contributed by atoms with Gasteiger partial charge in [-0.05, 0) is 51.6 Å². The fourth-order valence-electron chi connectivity index (χ4n) is 5.19. The van der Waals surface area contributed by atoms with Crippen molar-refractivity contribution in [2.24, 2.45) is 11.8 Å². The third-order valence-electron chi connectivity index (χ3n) is 7.68. The standard InChI is InChI=1S/C33H69N.ClH/c1-31(2)27-23-19-15-11-7-9-13-17-21-25-29-34(33(5)6)30-26-22-18-14-10-8-12-16-20-24-28-32(3)4;/h31-33H,7-30H2,1-6H3;1H. The zero-order valence-electron chi connectivity index (χ0n) is 25.6. The summed E-state index contributed by atoms with van der Waals surface area (Å²) in [5.41, 5.74) is 0. The molecule has 0 aromatic heterocycles. The van der Waals surface area contributed by atoms with Crippen LogP contribution in [0.1, 0.15) is 183 Å². The molecule has 0 spiro atoms. The molecule has 0 unspecified atom stereocenters. The number of unbranched alkanes of at least 4 members (excludes halogenated alkanes) is 18. The molecule has 0 aliphatic rings. The highest BCUT2D eigenvalue weighted by atomic mass is 35.5. The number of rotatable bonds is 27. The number of hydrogen-bond donors (Lipinski definition) is 0. The molecule has 0 radical (unpaired) electrons. The molecule has 35 heavy (non-hydrogen) atoms. The van der Waals surface area contributed by atoms with Gasteiger partial charge in [0.05, 0.1) is 0 Å². The fourth-order valence-corrected chi connectivity index (χ4v) is 5.19. The molecule has 0 aromatic rings. The third kappa shape index (κ3) is 30.4. The Balaban J connectivity index is 0. The molecule has 0 saturated carbocycles. The first-order valence-corrected chi connectivity index (χ1v) is 16.2. The molecule has 1 nitrogen and oxygen atoms in total. The quantitative estimate of drug-likeness (QED) is 0.0982. The molecule has 214 valence electrons. The third-order valence-corrected chi connectivity index (χ3v) is 7.68. The van der Waals surface area contributed by atoms with Crippen LogP contribution >= 0.6 is 12.4 Å². The minimum absolute atomic E-state index is 0. The van der Waals surface area contributed by atoms with Crippen LogP contribution in [0, 0.1) is 11.8 Å². The molecule has 2 heteroatoms. The summed E-state index contributed by atoms with van der Waals surface area (Å²) < 4.78 is 0. The predicted molar refractivity (Wildman–Crippen MR) is 165 cm³/mol. The van der Waals surface area contributed by atoms with Crippen molar-refractivity contribution in [3.63, 3.8) is 0 Å². The summed E-state index contributed by atoms with van der Waals surface area (Å²) in [6.07, 6.45) is 31.9. The largest absolute Gasteiger partial charge is 0.301 e. The Kier molecular flexibility index (Phi) is 30.8. The summed E-state index contributed by atoms with van der Waals surface area (Å²) in [5.74, 6) is 1.78. The van der Waals surface area contributed by atoms with Crippen LogP contribution in [0.2, 0.25) is 0 Å². The van der Waals surface area contributed by atoms with E-state index in [-0.39, 0.29) is 12.4 Å². The van der Waals surface area contributed by atoms with Crippen LogP contribution in [0.4, 0.5) is 0 Å². The van der Waals surface area contributed by atoms with E-state index in [0.29, 0.717) is 6.04 Å². The van der Waals surface area contributed by atoms with E-state index in [9.17, 15) is 0 Å². The molecule has 0 atom stereocenters. The Morgan fingerprint density at radius 1 is 0.343 bits per heavy atom. The highest BCUT2D eigenvalue weighted by Crippen LogP contribution is 2.15. The van der Waals surface area contributed by atoms with E-state index >= 15 is 0 Å². The number of hydrogen-bond acceptors (Lipinski definition) is 1. The van der Waals surface area contributed by atoms with E-state index in [1.54, 1.807) is 0 Å². The van der Waals surface area contributed by atoms with Crippen LogP contribution in [0.15, 0.2) is 0 Å². The average molecular weight is 516 g/mol. The summed E-state index contributed by atoms with van der Waals surface area (Å²) >= 11 is 0. The zero-order valence-corrected chi connectivity index (χ0v) is 26.4. The maximum atomic E-state index is 2.74. The van der Waals surface area contributed by atoms with Gasteiger partial charge in [0, 0.05) is 6.04 Å². The molecule has 0 bridgehead atoms. The van der Waals surface area contributed by atoms with E-state index in [0.717, 1.165) is 11.8 Å². The molecule has 0 amide bonds. The maximum Gasteiger partial charge on any atom is 0.00385 e. The van der Waals surface area contributed by atoms with Crippen LogP contribution in [0.3, 0.4) is 0 Å². The maximum absolute atomic E-state index is 2.74. The molecule has 0 heterocycles. The van der Waals surface area contributed by atoms with E-state index in [4.69, 9.17) is 0 Å². The highest BCUT2D eigenvalue weighted by molar-refractivity contribution is 5.85. The van der Waals surface area contributed by atoms with Crippen LogP contribution < -0.4 is 0 Å². The van der Waals surface area contributed by atoms with Gasteiger partial charge in [0.2, 0.25) is 0 Å². The molecular weight excluding hydrogens is 446 g/mol. The topological polar surface area (TPSA) is 3.24 Å². The molecule has 0 rings (SSSR count). The Morgan fingerprint density at radius 2 is 0.571 bits per heavy atom. The lowest BCUT2D eigenvalue weighted by molar-refractivity contribution is 0.211. The molecule has 0 aromatic carbocycles. The average Bonchev–Trinajstić information content (AvgIpc) is 2.78. The first-order valence-electron chi connectivity index (χ1n) is 16.2. The van der Waals surface area contributed by atoms with Gasteiger partial charge in [0.1, 0.15) is 0 Å². The van der Waals surface area contributed by atoms with Crippen molar-refractivity contribution in [1.82, 2.24) is 4.90 Å². The Hall–Kier alpha value is 0.250. The summed E-state index contributed by atoms with van der Waals surface area (Å²) in [4.78, 5) is 2.74. The van der Waals surface area contributed by atoms with Gasteiger partial charge < -0.3 is 4.90 Å². The van der Waals surface area contributed by atoms with Gasteiger partial charge in [-0.25, -0.2) is 0 Å². The lowest BCUT2D eigenvalue weighted by Gasteiger charge is -2.26. The molecule has 0 N–H and O–H groups in total. The second kappa shape index (κ2) is 28.8. The van der Waals surface area contributed by atoms with E-state index in [2.05, 4.69) is 46.4 Å². The van der Waals surface area contributed by atoms with Crippen LogP contribution in [0.25, 0.3) is 0 Å². The molecule has 0 fully saturated rings. The number of nitrogens with zero attached hydrogens (tertiary/aromatic N) is 1. The van der Waals surface area contributed by atoms with Crippen molar-refractivity contribution in [2.45, 2.75) is 189 Å². The lowest BCUT2D eigenvalue weighted by Crippen LogP contribution is -2.32. The first-order chi connectivity index (χ1) is 16.4. The minimum Gasteiger partial charge on any atom is -0.301 e. The normalized spacial score (nSPS) is 11.8. The molecule has 0 aliphatic heterocycles. The molecule has 0 aliphatic carbocycles. The highest BCUT2D eigenvalue weighted by Gasteiger charge is 2.08. The minimum atomic E-state index is 0. The van der Waals surface area contributed by atoms with Crippen molar-refractivity contribution in [3.05, 3.63) is 0 Å². The van der Waals surface area contributed by atoms with Gasteiger partial charge >= 0.3 is 0 Å². The Bertz CT molecular complexity index is 347. The monoisotopic (exact) mass is 516 g/mol. The van der Waals surface area contributed by atoms with Crippen molar-refractivity contribution in [1.29, 1.82) is 0 Å². The van der Waals surface area contributed by atoms with Gasteiger partial charge in [0.15, 0.2) is 0 Å². The van der Waals surface area contributed by atoms with Crippen molar-refractivity contribution in [2.75, 3.05) is 13.1 Å². The molecule has 0 saturated heterocycles. The van der Waals surface area contributed by atoms with Crippen LogP contribution in [0.5, 0.6) is 0 Å². The van der Waals surface area contributed by atoms with Gasteiger partial charge in [-0.1, -0.05) is 156 Å². The van der Waals surface area contributed by atoms with Gasteiger partial charge in [-0.15, -0.1) is 12.4 Å². The lowest BCUT2D eigenvalue weighted by atomic mass is 10.0. The van der Waals surface area contributed by atoms with E-state index in [1.165, 1.54) is 154 Å². The second-order valence-electron chi connectivity index (χ2n) is 12.6. The fraction of sp³-hybridized carbons (Fsp3) is 1.00. The Labute approximate surface area is 230 Å². The summed E-state index contributed by atoms with van der Waals surface area (Å²) in [7, 11) is 0. The van der Waals surface area contributed by atoms with Crippen LogP contribution in [-0.2, 0) is 0 Å². The van der Waals surface area contributed by atoms with Gasteiger partial charge in [0.25, 0.3) is 0 Å². The van der Waals surface area contributed by atoms with Crippen molar-refractivity contribution in [3.8, 4) is 0 Å². The smallest absolute Gasteiger partial charge is 0.00385 e. The van der Waals surface area contributed by atoms with Crippen LogP contribution in [-0.4, -0.2) is 24.0 Å². The first kappa shape index (κ1) is 37.4. The van der Waals surface area contributed by atoms with E-state index in [1.807, 2.05) is 0 Å². The number of halogens is 1. The van der Waals surface area contributed by atoms with E-state index < -0.39 is 0 Å². The summed E-state index contributed by atoms with van der Waals surface area (Å²) in [6.45, 7) is 16.8. The predicted octanol–water partition coefficient (Wildman–Crippen LogP) is 12.0. The van der Waals surface area contributed by atoms with Crippen molar-refractivity contribution < 1.29 is 0 Å². The molecular formula is C33H70ClN. The second-order valence-corrected chi connectivity index (χ2v) is 12.6. The SMILES string of the molecule is CC(C)CCCCCCCCCCCCN(CCCCCCCCCCCCC(C)C)C(C)C.Cl. The van der Waals surface area contributed by atoms with Crippen molar-refractivity contribution >= 4 is 12.4 Å². The van der Waals surface area contributed by atoms with Gasteiger partial charge in [-0.3, -0.25) is 0 Å². The zero-order chi connectivity index (χ0) is 25.3.